The molecule has 2 aromatic carbocycles. The number of nitrogens with zero attached hydrogens (tertiary/aromatic N) is 2. The van der Waals surface area contributed by atoms with E-state index in [0.717, 1.165) is 5.56 Å². The molecule has 152 valence electrons. The lowest BCUT2D eigenvalue weighted by Gasteiger charge is -2.33. The van der Waals surface area contributed by atoms with E-state index in [0.29, 0.717) is 24.3 Å². The van der Waals surface area contributed by atoms with Crippen LogP contribution in [0.4, 0.5) is 11.6 Å². The van der Waals surface area contributed by atoms with E-state index >= 15 is 0 Å². The molecule has 0 bridgehead atoms. The first-order valence-electron chi connectivity index (χ1n) is 9.72. The number of pyridine rings is 1. The smallest absolute Gasteiger partial charge is 0.274 e. The van der Waals surface area contributed by atoms with E-state index in [4.69, 9.17) is 10.5 Å². The summed E-state index contributed by atoms with van der Waals surface area (Å²) >= 11 is 0. The number of fused-ring (bicyclic) bond motifs is 1. The Hall–Kier alpha value is -3.87. The van der Waals surface area contributed by atoms with Crippen LogP contribution in [-0.2, 0) is 16.0 Å². The van der Waals surface area contributed by atoms with Crippen molar-refractivity contribution in [1.29, 1.82) is 0 Å². The molecule has 0 aliphatic carbocycles. The highest BCUT2D eigenvalue weighted by molar-refractivity contribution is 6.03. The van der Waals surface area contributed by atoms with Gasteiger partial charge in [0.1, 0.15) is 12.4 Å². The third-order valence-corrected chi connectivity index (χ3v) is 4.83. The molecule has 1 aromatic heterocycles. The minimum atomic E-state index is -0.846. The number of anilines is 2. The van der Waals surface area contributed by atoms with Crippen LogP contribution in [0, 0.1) is 0 Å². The zero-order valence-corrected chi connectivity index (χ0v) is 16.3. The third-order valence-electron chi connectivity index (χ3n) is 4.83. The Balaban J connectivity index is 1.50. The van der Waals surface area contributed by atoms with Crippen molar-refractivity contribution in [3.05, 3.63) is 83.9 Å². The number of hydrogen-bond donors (Lipinski definition) is 2. The molecule has 30 heavy (non-hydrogen) atoms. The summed E-state index contributed by atoms with van der Waals surface area (Å²) in [5, 5.41) is 2.87. The second kappa shape index (κ2) is 8.65. The van der Waals surface area contributed by atoms with Gasteiger partial charge in [0.05, 0.1) is 0 Å². The van der Waals surface area contributed by atoms with Gasteiger partial charge in [-0.3, -0.25) is 14.5 Å². The van der Waals surface area contributed by atoms with Gasteiger partial charge in [-0.15, -0.1) is 0 Å². The molecular formula is C23H22N4O3. The molecule has 0 radical (unpaired) electrons. The molecule has 3 N–H and O–H groups in total. The second-order valence-electron chi connectivity index (χ2n) is 6.98. The van der Waals surface area contributed by atoms with Gasteiger partial charge in [0, 0.05) is 12.1 Å². The number of ether oxygens (including phenoxy) is 1. The highest BCUT2D eigenvalue weighted by Gasteiger charge is 2.37. The van der Waals surface area contributed by atoms with Gasteiger partial charge in [0.25, 0.3) is 5.91 Å². The van der Waals surface area contributed by atoms with Crippen LogP contribution in [0.15, 0.2) is 72.8 Å². The highest BCUT2D eigenvalue weighted by atomic mass is 16.5. The van der Waals surface area contributed by atoms with Gasteiger partial charge in [-0.05, 0) is 24.1 Å². The maximum atomic E-state index is 13.2. The van der Waals surface area contributed by atoms with E-state index in [1.165, 1.54) is 4.90 Å². The van der Waals surface area contributed by atoms with Crippen LogP contribution in [0.25, 0.3) is 0 Å². The Bertz CT molecular complexity index is 1040. The number of hydrogen-bond acceptors (Lipinski definition) is 5. The summed E-state index contributed by atoms with van der Waals surface area (Å²) in [4.78, 5) is 31.3. The van der Waals surface area contributed by atoms with Crippen molar-refractivity contribution in [2.45, 2.75) is 12.5 Å². The lowest BCUT2D eigenvalue weighted by atomic mass is 10.1. The van der Waals surface area contributed by atoms with Crippen molar-refractivity contribution < 1.29 is 14.3 Å². The van der Waals surface area contributed by atoms with Gasteiger partial charge in [-0.25, -0.2) is 4.98 Å². The monoisotopic (exact) mass is 402 g/mol. The minimum absolute atomic E-state index is 0.163. The highest BCUT2D eigenvalue weighted by Crippen LogP contribution is 2.37. The van der Waals surface area contributed by atoms with Crippen molar-refractivity contribution in [3.8, 4) is 5.75 Å². The van der Waals surface area contributed by atoms with Crippen LogP contribution in [0.5, 0.6) is 5.75 Å². The van der Waals surface area contributed by atoms with Crippen molar-refractivity contribution in [2.75, 3.05) is 23.7 Å². The van der Waals surface area contributed by atoms with E-state index in [2.05, 4.69) is 10.3 Å². The molecule has 3 aromatic rings. The largest absolute Gasteiger partial charge is 0.472 e. The number of carbonyl (C=O) groups is 2. The van der Waals surface area contributed by atoms with E-state index in [-0.39, 0.29) is 30.0 Å². The first-order valence-corrected chi connectivity index (χ1v) is 9.72. The predicted molar refractivity (Wildman–Crippen MR) is 114 cm³/mol. The fraction of sp³-hybridized carbons (Fsp3) is 0.174. The number of aromatic nitrogens is 1. The Kier molecular flexibility index (Phi) is 5.61. The molecule has 2 heterocycles. The standard InChI is InChI=1S/C23H22N4O3/c24-19-12-11-18-22(26-19)27(23(29)21(30-18)17-9-5-2-6-10-17)15-20(28)25-14-13-16-7-3-1-4-8-16/h1-12,21H,13-15H2,(H2,24,26)(H,25,28). The average molecular weight is 402 g/mol. The first-order chi connectivity index (χ1) is 14.6. The number of nitrogen functional groups attached to an aromatic ring is 1. The summed E-state index contributed by atoms with van der Waals surface area (Å²) in [6, 6.07) is 22.3. The predicted octanol–water partition coefficient (Wildman–Crippen LogP) is 2.49. The summed E-state index contributed by atoms with van der Waals surface area (Å²) in [5.41, 5.74) is 7.64. The van der Waals surface area contributed by atoms with E-state index in [1.807, 2.05) is 60.7 Å². The van der Waals surface area contributed by atoms with Crippen LogP contribution in [-0.4, -0.2) is 29.9 Å². The zero-order valence-electron chi connectivity index (χ0n) is 16.3. The summed E-state index contributed by atoms with van der Waals surface area (Å²) in [6.45, 7) is 0.310. The molecule has 0 saturated heterocycles. The first kappa shape index (κ1) is 19.4. The maximum absolute atomic E-state index is 13.2. The molecule has 0 spiro atoms. The Morgan fingerprint density at radius 1 is 1.03 bits per heavy atom. The Morgan fingerprint density at radius 3 is 2.47 bits per heavy atom. The molecule has 2 amide bonds. The van der Waals surface area contributed by atoms with E-state index < -0.39 is 6.10 Å². The van der Waals surface area contributed by atoms with Crippen molar-refractivity contribution in [3.63, 3.8) is 0 Å². The molecule has 4 rings (SSSR count). The summed E-state index contributed by atoms with van der Waals surface area (Å²) in [5.74, 6) is 0.283. The number of amides is 2. The fourth-order valence-electron chi connectivity index (χ4n) is 3.34. The average Bonchev–Trinajstić information content (AvgIpc) is 2.77. The molecule has 7 nitrogen and oxygen atoms in total. The number of benzene rings is 2. The van der Waals surface area contributed by atoms with Gasteiger partial charge in [-0.2, -0.15) is 0 Å². The zero-order chi connectivity index (χ0) is 20.9. The van der Waals surface area contributed by atoms with Crippen LogP contribution in [0.1, 0.15) is 17.2 Å². The maximum Gasteiger partial charge on any atom is 0.274 e. The number of nitrogens with one attached hydrogen (secondary N) is 1. The van der Waals surface area contributed by atoms with Gasteiger partial charge in [-0.1, -0.05) is 60.7 Å². The molecule has 1 atom stereocenters. The number of rotatable bonds is 6. The molecular weight excluding hydrogens is 380 g/mol. The summed E-state index contributed by atoms with van der Waals surface area (Å²) in [6.07, 6.45) is -0.140. The Morgan fingerprint density at radius 2 is 1.73 bits per heavy atom. The van der Waals surface area contributed by atoms with Crippen LogP contribution < -0.4 is 20.7 Å². The third kappa shape index (κ3) is 4.25. The van der Waals surface area contributed by atoms with Crippen LogP contribution in [0.2, 0.25) is 0 Å². The number of nitrogens with two attached hydrogens (primary N) is 1. The topological polar surface area (TPSA) is 97.5 Å². The lowest BCUT2D eigenvalue weighted by Crippen LogP contribution is -2.47. The van der Waals surface area contributed by atoms with Gasteiger partial charge in [0.15, 0.2) is 11.6 Å². The fourth-order valence-corrected chi connectivity index (χ4v) is 3.34. The number of carbonyl (C=O) groups excluding carboxylic acids is 2. The molecule has 1 unspecified atom stereocenters. The Labute approximate surface area is 174 Å². The molecule has 0 fully saturated rings. The molecule has 0 saturated carbocycles. The minimum Gasteiger partial charge on any atom is -0.472 e. The normalized spacial score (nSPS) is 15.3. The van der Waals surface area contributed by atoms with Crippen LogP contribution >= 0.6 is 0 Å². The van der Waals surface area contributed by atoms with Gasteiger partial charge < -0.3 is 15.8 Å². The molecule has 1 aliphatic heterocycles. The van der Waals surface area contributed by atoms with Crippen molar-refractivity contribution in [2.24, 2.45) is 0 Å². The second-order valence-corrected chi connectivity index (χ2v) is 6.98. The van der Waals surface area contributed by atoms with Crippen LogP contribution in [0.3, 0.4) is 0 Å². The SMILES string of the molecule is Nc1ccc2c(n1)N(CC(=O)NCCc1ccccc1)C(=O)C(c1ccccc1)O2. The van der Waals surface area contributed by atoms with Crippen molar-refractivity contribution >= 4 is 23.5 Å². The summed E-state index contributed by atoms with van der Waals surface area (Å²) in [7, 11) is 0. The lowest BCUT2D eigenvalue weighted by molar-refractivity contribution is -0.129. The van der Waals surface area contributed by atoms with E-state index in [1.54, 1.807) is 12.1 Å². The molecule has 7 heteroatoms. The molecule has 1 aliphatic rings. The van der Waals surface area contributed by atoms with E-state index in [9.17, 15) is 9.59 Å². The quantitative estimate of drug-likeness (QED) is 0.660. The summed E-state index contributed by atoms with van der Waals surface area (Å²) < 4.78 is 5.90. The van der Waals surface area contributed by atoms with Gasteiger partial charge in [0.2, 0.25) is 12.0 Å². The van der Waals surface area contributed by atoms with Crippen molar-refractivity contribution in [1.82, 2.24) is 10.3 Å². The van der Waals surface area contributed by atoms with Gasteiger partial charge >= 0.3 is 0 Å².